The summed E-state index contributed by atoms with van der Waals surface area (Å²) >= 11 is 14.2. The summed E-state index contributed by atoms with van der Waals surface area (Å²) in [5.41, 5.74) is 6.83. The molecule has 0 radical (unpaired) electrons. The number of nitrogens with one attached hydrogen (secondary N) is 3. The second-order valence-corrected chi connectivity index (χ2v) is 13.9. The van der Waals surface area contributed by atoms with Crippen molar-refractivity contribution in [2.75, 3.05) is 26.9 Å². The van der Waals surface area contributed by atoms with Crippen LogP contribution in [0.1, 0.15) is 36.1 Å². The number of methoxy groups -OCH3 is 1. The quantitative estimate of drug-likeness (QED) is 0.142. The number of hydrogen-bond acceptors (Lipinski definition) is 9. The molecule has 0 aliphatic carbocycles. The molecule has 2 aromatic carbocycles. The minimum atomic E-state index is -0.620. The Bertz CT molecular complexity index is 2190. The predicted molar refractivity (Wildman–Crippen MR) is 202 cm³/mol. The minimum absolute atomic E-state index is 0.0917. The Labute approximate surface area is 311 Å². The van der Waals surface area contributed by atoms with Crippen LogP contribution in [0.25, 0.3) is 39.2 Å². The number of amides is 1. The summed E-state index contributed by atoms with van der Waals surface area (Å²) in [6, 6.07) is 19.1. The number of aliphatic hydroxyl groups excluding tert-OH is 1. The van der Waals surface area contributed by atoms with Gasteiger partial charge in [0.2, 0.25) is 11.8 Å². The molecule has 2 saturated heterocycles. The lowest BCUT2D eigenvalue weighted by Crippen LogP contribution is -2.46. The molecule has 5 aromatic rings. The molecule has 4 N–H and O–H groups in total. The highest BCUT2D eigenvalue weighted by Gasteiger charge is 2.24. The Balaban J connectivity index is 1.13. The van der Waals surface area contributed by atoms with Gasteiger partial charge in [0.1, 0.15) is 5.65 Å². The lowest BCUT2D eigenvalue weighted by atomic mass is 9.97. The van der Waals surface area contributed by atoms with Crippen molar-refractivity contribution in [1.82, 2.24) is 30.3 Å². The summed E-state index contributed by atoms with van der Waals surface area (Å²) in [5.74, 6) is 0.580. The molecule has 2 aliphatic rings. The maximum atomic E-state index is 13.5. The van der Waals surface area contributed by atoms with Crippen molar-refractivity contribution >= 4 is 34.8 Å². The second-order valence-electron chi connectivity index (χ2n) is 13.2. The predicted octanol–water partition coefficient (Wildman–Crippen LogP) is 5.32. The number of ether oxygens (including phenoxy) is 2. The molecule has 270 valence electrons. The maximum Gasteiger partial charge on any atom is 0.262 e. The Hall–Kier alpha value is -4.36. The van der Waals surface area contributed by atoms with E-state index in [4.69, 9.17) is 42.6 Å². The van der Waals surface area contributed by atoms with Gasteiger partial charge in [0.05, 0.1) is 41.1 Å². The molecule has 2 aliphatic heterocycles. The number of aliphatic hydroxyl groups is 1. The number of hydrogen-bond donors (Lipinski definition) is 4. The third-order valence-corrected chi connectivity index (χ3v) is 10.6. The van der Waals surface area contributed by atoms with E-state index < -0.39 is 6.10 Å². The number of fused-ring (bicyclic) bond motifs is 1. The summed E-state index contributed by atoms with van der Waals surface area (Å²) in [6.07, 6.45) is 3.16. The van der Waals surface area contributed by atoms with Gasteiger partial charge < -0.3 is 30.5 Å². The molecular weight excluding hydrogens is 703 g/mol. The molecule has 1 unspecified atom stereocenters. The van der Waals surface area contributed by atoms with Gasteiger partial charge in [-0.05, 0) is 43.5 Å². The summed E-state index contributed by atoms with van der Waals surface area (Å²) < 4.78 is 12.5. The Kier molecular flexibility index (Phi) is 10.9. The first-order chi connectivity index (χ1) is 25.2. The van der Waals surface area contributed by atoms with Crippen molar-refractivity contribution in [2.24, 2.45) is 0 Å². The van der Waals surface area contributed by atoms with E-state index in [1.165, 1.54) is 4.40 Å². The van der Waals surface area contributed by atoms with Crippen LogP contribution in [0, 0.1) is 6.92 Å². The van der Waals surface area contributed by atoms with Crippen LogP contribution >= 0.6 is 23.2 Å². The van der Waals surface area contributed by atoms with Crippen molar-refractivity contribution in [3.63, 3.8) is 0 Å². The van der Waals surface area contributed by atoms with Crippen LogP contribution in [0.5, 0.6) is 5.88 Å². The smallest absolute Gasteiger partial charge is 0.262 e. The largest absolute Gasteiger partial charge is 0.481 e. The molecule has 11 nitrogen and oxygen atoms in total. The maximum absolute atomic E-state index is 13.5. The Morgan fingerprint density at radius 3 is 2.46 bits per heavy atom. The van der Waals surface area contributed by atoms with Gasteiger partial charge in [-0.25, -0.2) is 9.97 Å². The number of aromatic nitrogens is 3. The fourth-order valence-electron chi connectivity index (χ4n) is 6.89. The van der Waals surface area contributed by atoms with Crippen LogP contribution < -0.4 is 26.2 Å². The molecule has 0 spiro atoms. The van der Waals surface area contributed by atoms with Crippen LogP contribution in [0.3, 0.4) is 0 Å². The summed E-state index contributed by atoms with van der Waals surface area (Å²) in [5, 5.41) is 20.9. The molecular formula is C39H40Cl2N6O5. The SMILES string of the molecule is COc1nc(-c2cccc(-c3cccc(-c4ccn5c(=O)c(CN[C@H]6CCOC[C@@H]6O)c(C)nc5c4)c3Cl)c2Cl)ccc1CNCC1CCC(=O)N1. The zero-order valence-electron chi connectivity index (χ0n) is 28.9. The van der Waals surface area contributed by atoms with E-state index in [0.29, 0.717) is 77.6 Å². The number of benzene rings is 2. The van der Waals surface area contributed by atoms with Gasteiger partial charge >= 0.3 is 0 Å². The molecule has 0 saturated carbocycles. The number of aryl methyl sites for hydroxylation is 1. The first-order valence-electron chi connectivity index (χ1n) is 17.3. The first-order valence-corrected chi connectivity index (χ1v) is 18.1. The molecule has 5 heterocycles. The van der Waals surface area contributed by atoms with Crippen molar-refractivity contribution in [2.45, 2.75) is 57.5 Å². The molecule has 52 heavy (non-hydrogen) atoms. The van der Waals surface area contributed by atoms with E-state index in [1.807, 2.05) is 67.6 Å². The molecule has 13 heteroatoms. The summed E-state index contributed by atoms with van der Waals surface area (Å²) in [7, 11) is 1.59. The lowest BCUT2D eigenvalue weighted by molar-refractivity contribution is -0.119. The topological polar surface area (TPSA) is 139 Å². The number of nitrogens with zero attached hydrogens (tertiary/aromatic N) is 3. The zero-order chi connectivity index (χ0) is 36.4. The van der Waals surface area contributed by atoms with E-state index in [2.05, 4.69) is 16.0 Å². The fourth-order valence-corrected chi connectivity index (χ4v) is 7.55. The Morgan fingerprint density at radius 2 is 1.73 bits per heavy atom. The number of halogens is 2. The van der Waals surface area contributed by atoms with E-state index >= 15 is 0 Å². The van der Waals surface area contributed by atoms with Crippen LogP contribution in [0.4, 0.5) is 0 Å². The third-order valence-electron chi connectivity index (χ3n) is 9.80. The monoisotopic (exact) mass is 742 g/mol. The molecule has 0 bridgehead atoms. The van der Waals surface area contributed by atoms with Crippen LogP contribution in [0.15, 0.2) is 71.7 Å². The second kappa shape index (κ2) is 15.7. The number of pyridine rings is 2. The van der Waals surface area contributed by atoms with Gasteiger partial charge in [-0.2, -0.15) is 0 Å². The molecule has 2 fully saturated rings. The molecule has 3 aromatic heterocycles. The number of carbonyl (C=O) groups is 1. The van der Waals surface area contributed by atoms with Crippen molar-refractivity contribution in [3.8, 4) is 39.4 Å². The van der Waals surface area contributed by atoms with Crippen LogP contribution in [-0.2, 0) is 22.6 Å². The van der Waals surface area contributed by atoms with Crippen LogP contribution in [-0.4, -0.2) is 70.4 Å². The minimum Gasteiger partial charge on any atom is -0.481 e. The summed E-state index contributed by atoms with van der Waals surface area (Å²) in [4.78, 5) is 34.6. The highest BCUT2D eigenvalue weighted by molar-refractivity contribution is 6.39. The molecule has 3 atom stereocenters. The normalized spacial score (nSPS) is 18.9. The number of rotatable bonds is 11. The van der Waals surface area contributed by atoms with Crippen molar-refractivity contribution in [1.29, 1.82) is 0 Å². The average molecular weight is 744 g/mol. The van der Waals surface area contributed by atoms with Gasteiger partial charge in [-0.3, -0.25) is 14.0 Å². The van der Waals surface area contributed by atoms with Gasteiger partial charge in [-0.1, -0.05) is 65.7 Å². The van der Waals surface area contributed by atoms with E-state index in [1.54, 1.807) is 13.3 Å². The highest BCUT2D eigenvalue weighted by Crippen LogP contribution is 2.42. The van der Waals surface area contributed by atoms with Gasteiger partial charge in [0, 0.05) is 84.5 Å². The highest BCUT2D eigenvalue weighted by atomic mass is 35.5. The van der Waals surface area contributed by atoms with Gasteiger partial charge in [0.15, 0.2) is 0 Å². The molecule has 7 rings (SSSR count). The van der Waals surface area contributed by atoms with E-state index in [-0.39, 0.29) is 30.2 Å². The first kappa shape index (κ1) is 36.0. The Morgan fingerprint density at radius 1 is 0.981 bits per heavy atom. The number of carbonyl (C=O) groups excluding carboxylic acids is 1. The lowest BCUT2D eigenvalue weighted by Gasteiger charge is -2.28. The summed E-state index contributed by atoms with van der Waals surface area (Å²) in [6.45, 7) is 4.17. The van der Waals surface area contributed by atoms with Gasteiger partial charge in [-0.15, -0.1) is 0 Å². The fraction of sp³-hybridized carbons (Fsp3) is 0.333. The standard InChI is InChI=1S/C39H40Cl2N6O5/c1-22-30(20-43-32-14-16-52-21-33(32)48)39(50)47-15-13-23(17-34(47)44-22)26-5-3-6-27(36(26)40)28-7-4-8-29(37(28)41)31-11-9-24(38(46-31)51-2)18-42-19-25-10-12-35(49)45-25/h3-9,11,13,15,17,25,32-33,42-43,48H,10,12,14,16,18-21H2,1-2H3,(H,45,49)/t25?,32-,33-/m0/s1. The zero-order valence-corrected chi connectivity index (χ0v) is 30.4. The van der Waals surface area contributed by atoms with E-state index in [9.17, 15) is 14.7 Å². The third kappa shape index (κ3) is 7.43. The van der Waals surface area contributed by atoms with Crippen molar-refractivity contribution in [3.05, 3.63) is 104 Å². The van der Waals surface area contributed by atoms with Crippen molar-refractivity contribution < 1.29 is 19.4 Å². The van der Waals surface area contributed by atoms with E-state index in [0.717, 1.165) is 39.8 Å². The van der Waals surface area contributed by atoms with Crippen LogP contribution in [0.2, 0.25) is 10.0 Å². The van der Waals surface area contributed by atoms with Gasteiger partial charge in [0.25, 0.3) is 5.56 Å². The molecule has 1 amide bonds. The average Bonchev–Trinajstić information content (AvgIpc) is 3.57.